The number of rotatable bonds is 7. The predicted octanol–water partition coefficient (Wildman–Crippen LogP) is 1.67. The van der Waals surface area contributed by atoms with Crippen LogP contribution in [0, 0.1) is 16.7 Å². The molecule has 0 N–H and O–H groups in total. The maximum atomic E-state index is 13.1. The third kappa shape index (κ3) is 3.39. The Kier molecular flexibility index (Phi) is 6.86. The molecule has 0 saturated carbocycles. The lowest BCUT2D eigenvalue weighted by molar-refractivity contribution is -0.184. The average Bonchev–Trinajstić information content (AvgIpc) is 2.30. The molecule has 0 saturated heterocycles. The summed E-state index contributed by atoms with van der Waals surface area (Å²) in [5.74, 6) is -2.71. The van der Waals surface area contributed by atoms with Gasteiger partial charge in [-0.25, -0.2) is 8.78 Å². The lowest BCUT2D eigenvalue weighted by Crippen LogP contribution is -2.47. The number of nitriles is 1. The van der Waals surface area contributed by atoms with E-state index in [2.05, 4.69) is 9.47 Å². The molecular weight excluding hydrogens is 248 g/mol. The summed E-state index contributed by atoms with van der Waals surface area (Å²) >= 11 is 0. The molecule has 0 spiro atoms. The molecule has 0 atom stereocenters. The van der Waals surface area contributed by atoms with Crippen molar-refractivity contribution in [2.75, 3.05) is 13.2 Å². The van der Waals surface area contributed by atoms with Crippen LogP contribution in [0.15, 0.2) is 0 Å². The van der Waals surface area contributed by atoms with Gasteiger partial charge in [0.2, 0.25) is 5.41 Å². The molecular formula is C11H15F2NO4. The van der Waals surface area contributed by atoms with Gasteiger partial charge in [-0.3, -0.25) is 9.59 Å². The fraction of sp³-hybridized carbons (Fsp3) is 0.727. The highest BCUT2D eigenvalue weighted by Gasteiger charge is 2.56. The number of hydrogen-bond donors (Lipinski definition) is 0. The van der Waals surface area contributed by atoms with Crippen molar-refractivity contribution in [3.05, 3.63) is 0 Å². The summed E-state index contributed by atoms with van der Waals surface area (Å²) in [6, 6.07) is 1.62. The molecule has 0 bridgehead atoms. The van der Waals surface area contributed by atoms with Crippen molar-refractivity contribution in [2.45, 2.75) is 33.1 Å². The van der Waals surface area contributed by atoms with Crippen LogP contribution in [0.5, 0.6) is 0 Å². The predicted molar refractivity (Wildman–Crippen MR) is 56.6 cm³/mol. The number of esters is 2. The van der Waals surface area contributed by atoms with Gasteiger partial charge in [0, 0.05) is 6.42 Å². The molecule has 0 aromatic carbocycles. The molecule has 0 aliphatic heterocycles. The normalized spacial score (nSPS) is 10.9. The first-order chi connectivity index (χ1) is 8.47. The van der Waals surface area contributed by atoms with Gasteiger partial charge in [-0.1, -0.05) is 0 Å². The minimum atomic E-state index is -3.29. The van der Waals surface area contributed by atoms with Gasteiger partial charge >= 0.3 is 11.9 Å². The maximum Gasteiger partial charge on any atom is 0.329 e. The van der Waals surface area contributed by atoms with Gasteiger partial charge in [-0.15, -0.1) is 0 Å². The Bertz CT molecular complexity index is 320. The first kappa shape index (κ1) is 16.3. The number of alkyl halides is 2. The largest absolute Gasteiger partial charge is 0.465 e. The summed E-state index contributed by atoms with van der Waals surface area (Å²) in [6.45, 7) is 2.59. The Morgan fingerprint density at radius 3 is 1.94 bits per heavy atom. The highest BCUT2D eigenvalue weighted by atomic mass is 19.3. The standard InChI is InChI=1S/C11H15F2NO4/c1-3-17-9(15)11(8(12)13,6-5-7-14)10(16)18-4-2/h8H,3-6H2,1-2H3. The molecule has 0 fully saturated rings. The first-order valence-corrected chi connectivity index (χ1v) is 5.46. The van der Waals surface area contributed by atoms with Crippen LogP contribution in [0.25, 0.3) is 0 Å². The van der Waals surface area contributed by atoms with Gasteiger partial charge in [0.1, 0.15) is 0 Å². The van der Waals surface area contributed by atoms with E-state index in [1.54, 1.807) is 6.07 Å². The molecule has 0 aliphatic carbocycles. The van der Waals surface area contributed by atoms with Gasteiger partial charge in [-0.2, -0.15) is 5.26 Å². The zero-order valence-corrected chi connectivity index (χ0v) is 10.2. The van der Waals surface area contributed by atoms with Crippen molar-refractivity contribution in [1.29, 1.82) is 5.26 Å². The molecule has 0 radical (unpaired) electrons. The Balaban J connectivity index is 5.35. The third-order valence-corrected chi connectivity index (χ3v) is 2.28. The molecule has 5 nitrogen and oxygen atoms in total. The first-order valence-electron chi connectivity index (χ1n) is 5.46. The van der Waals surface area contributed by atoms with E-state index in [9.17, 15) is 18.4 Å². The van der Waals surface area contributed by atoms with Crippen LogP contribution < -0.4 is 0 Å². The molecule has 102 valence electrons. The lowest BCUT2D eigenvalue weighted by atomic mass is 9.83. The van der Waals surface area contributed by atoms with E-state index < -0.39 is 30.2 Å². The zero-order valence-electron chi connectivity index (χ0n) is 10.2. The summed E-state index contributed by atoms with van der Waals surface area (Å²) in [6.07, 6.45) is -4.29. The average molecular weight is 263 g/mol. The van der Waals surface area contributed by atoms with E-state index >= 15 is 0 Å². The highest BCUT2D eigenvalue weighted by Crippen LogP contribution is 2.35. The van der Waals surface area contributed by atoms with Crippen molar-refractivity contribution in [3.63, 3.8) is 0 Å². The monoisotopic (exact) mass is 263 g/mol. The molecule has 0 aromatic rings. The Labute approximate surface area is 104 Å². The van der Waals surface area contributed by atoms with Gasteiger partial charge in [0.05, 0.1) is 19.3 Å². The second-order valence-electron chi connectivity index (χ2n) is 3.37. The molecule has 0 aliphatic rings. The summed E-state index contributed by atoms with van der Waals surface area (Å²) in [5, 5.41) is 8.44. The Hall–Kier alpha value is -1.71. The van der Waals surface area contributed by atoms with Crippen LogP contribution in [0.3, 0.4) is 0 Å². The quantitative estimate of drug-likeness (QED) is 0.515. The maximum absolute atomic E-state index is 13.1. The zero-order chi connectivity index (χ0) is 14.2. The third-order valence-electron chi connectivity index (χ3n) is 2.28. The van der Waals surface area contributed by atoms with Crippen LogP contribution in [0.4, 0.5) is 8.78 Å². The van der Waals surface area contributed by atoms with E-state index in [-0.39, 0.29) is 19.6 Å². The van der Waals surface area contributed by atoms with Crippen LogP contribution in [-0.4, -0.2) is 31.6 Å². The van der Waals surface area contributed by atoms with E-state index in [4.69, 9.17) is 5.26 Å². The molecule has 0 aromatic heterocycles. The van der Waals surface area contributed by atoms with Crippen molar-refractivity contribution < 1.29 is 27.8 Å². The highest BCUT2D eigenvalue weighted by molar-refractivity contribution is 6.00. The number of hydrogen-bond acceptors (Lipinski definition) is 5. The summed E-state index contributed by atoms with van der Waals surface area (Å²) < 4.78 is 35.2. The second-order valence-corrected chi connectivity index (χ2v) is 3.37. The number of nitrogens with zero attached hydrogens (tertiary/aromatic N) is 1. The number of ether oxygens (including phenoxy) is 2. The summed E-state index contributed by atoms with van der Waals surface area (Å²) in [7, 11) is 0. The SMILES string of the molecule is CCOC(=O)C(CCC#N)(C(=O)OCC)C(F)F. The van der Waals surface area contributed by atoms with Crippen molar-refractivity contribution in [2.24, 2.45) is 5.41 Å². The van der Waals surface area contributed by atoms with E-state index in [0.717, 1.165) is 0 Å². The van der Waals surface area contributed by atoms with Crippen LogP contribution in [0.2, 0.25) is 0 Å². The Morgan fingerprint density at radius 1 is 1.22 bits per heavy atom. The lowest BCUT2D eigenvalue weighted by Gasteiger charge is -2.27. The van der Waals surface area contributed by atoms with Crippen LogP contribution in [-0.2, 0) is 19.1 Å². The molecule has 0 heterocycles. The van der Waals surface area contributed by atoms with Crippen LogP contribution in [0.1, 0.15) is 26.7 Å². The number of carbonyl (C=O) groups is 2. The van der Waals surface area contributed by atoms with Gasteiger partial charge in [-0.05, 0) is 20.3 Å². The summed E-state index contributed by atoms with van der Waals surface area (Å²) in [5.41, 5.74) is -2.71. The minimum Gasteiger partial charge on any atom is -0.465 e. The van der Waals surface area contributed by atoms with E-state index in [0.29, 0.717) is 0 Å². The van der Waals surface area contributed by atoms with Crippen molar-refractivity contribution >= 4 is 11.9 Å². The Morgan fingerprint density at radius 2 is 1.67 bits per heavy atom. The molecule has 0 unspecified atom stereocenters. The van der Waals surface area contributed by atoms with Crippen molar-refractivity contribution in [1.82, 2.24) is 0 Å². The second kappa shape index (κ2) is 7.58. The van der Waals surface area contributed by atoms with Crippen molar-refractivity contribution in [3.8, 4) is 6.07 Å². The van der Waals surface area contributed by atoms with E-state index in [1.165, 1.54) is 13.8 Å². The van der Waals surface area contributed by atoms with Gasteiger partial charge in [0.15, 0.2) is 0 Å². The molecule has 0 rings (SSSR count). The molecule has 7 heteroatoms. The number of halogens is 2. The van der Waals surface area contributed by atoms with Gasteiger partial charge < -0.3 is 9.47 Å². The van der Waals surface area contributed by atoms with Gasteiger partial charge in [0.25, 0.3) is 6.43 Å². The minimum absolute atomic E-state index is 0.140. The number of carbonyl (C=O) groups excluding carboxylic acids is 2. The smallest absolute Gasteiger partial charge is 0.329 e. The fourth-order valence-corrected chi connectivity index (χ4v) is 1.35. The van der Waals surface area contributed by atoms with Crippen LogP contribution >= 0.6 is 0 Å². The van der Waals surface area contributed by atoms with E-state index in [1.807, 2.05) is 0 Å². The topological polar surface area (TPSA) is 76.4 Å². The summed E-state index contributed by atoms with van der Waals surface area (Å²) in [4.78, 5) is 23.2. The molecule has 0 amide bonds. The fourth-order valence-electron chi connectivity index (χ4n) is 1.35. The molecule has 18 heavy (non-hydrogen) atoms.